The summed E-state index contributed by atoms with van der Waals surface area (Å²) in [4.78, 5) is 33.3. The summed E-state index contributed by atoms with van der Waals surface area (Å²) in [6.45, 7) is 16.4. The zero-order valence-electron chi connectivity index (χ0n) is 48.2. The highest BCUT2D eigenvalue weighted by Crippen LogP contribution is 2.17. The fourth-order valence-corrected chi connectivity index (χ4v) is 8.74. The van der Waals surface area contributed by atoms with Crippen molar-refractivity contribution in [1.29, 1.82) is 0 Å². The maximum Gasteiger partial charge on any atom is 0.305 e. The molecule has 0 rings (SSSR count). The van der Waals surface area contributed by atoms with Gasteiger partial charge in [-0.05, 0) is 37.5 Å². The molecule has 6 nitrogen and oxygen atoms in total. The SMILES string of the molecule is CCCCCCCCCCCCCCCCCC(=O)O.CCCCCCCCCCCCCCCCCC(=O)OCC(C)C.CCCCCCCCCCCCCCCCCC(=O)OCCC(C)C. The number of carboxylic acids is 1. The lowest BCUT2D eigenvalue weighted by Crippen LogP contribution is -2.09. The molecule has 0 saturated heterocycles. The highest BCUT2D eigenvalue weighted by Gasteiger charge is 2.05. The molecule has 1 N–H and O–H groups in total. The summed E-state index contributed by atoms with van der Waals surface area (Å²) < 4.78 is 10.4. The van der Waals surface area contributed by atoms with Crippen molar-refractivity contribution < 1.29 is 29.0 Å². The minimum Gasteiger partial charge on any atom is -0.481 e. The Bertz CT molecular complexity index is 978. The number of rotatable bonds is 53. The van der Waals surface area contributed by atoms with Gasteiger partial charge >= 0.3 is 17.9 Å². The molecule has 0 aromatic heterocycles. The smallest absolute Gasteiger partial charge is 0.305 e. The molecule has 0 aliphatic carbocycles. The van der Waals surface area contributed by atoms with E-state index in [2.05, 4.69) is 48.5 Å². The molecular weight excluding hydrogens is 853 g/mol. The van der Waals surface area contributed by atoms with Crippen molar-refractivity contribution in [3.63, 3.8) is 0 Å². The maximum absolute atomic E-state index is 11.5. The van der Waals surface area contributed by atoms with Crippen LogP contribution in [0, 0.1) is 11.8 Å². The Labute approximate surface area is 433 Å². The van der Waals surface area contributed by atoms with Crippen LogP contribution in [0.2, 0.25) is 0 Å². The molecule has 0 aromatic rings. The number of carbonyl (C=O) groups excluding carboxylic acids is 2. The molecular formula is C63H126O6. The normalized spacial score (nSPS) is 11.1. The summed E-state index contributed by atoms with van der Waals surface area (Å²) in [6, 6.07) is 0. The van der Waals surface area contributed by atoms with Gasteiger partial charge < -0.3 is 14.6 Å². The second-order valence-corrected chi connectivity index (χ2v) is 22.0. The maximum atomic E-state index is 11.5. The van der Waals surface area contributed by atoms with Crippen LogP contribution in [0.3, 0.4) is 0 Å². The van der Waals surface area contributed by atoms with E-state index in [1.54, 1.807) is 0 Å². The zero-order chi connectivity index (χ0) is 51.4. The highest BCUT2D eigenvalue weighted by molar-refractivity contribution is 5.69. The Hall–Kier alpha value is -1.59. The molecule has 0 bridgehead atoms. The van der Waals surface area contributed by atoms with Gasteiger partial charge in [-0.1, -0.05) is 318 Å². The van der Waals surface area contributed by atoms with Gasteiger partial charge in [0, 0.05) is 19.3 Å². The summed E-state index contributed by atoms with van der Waals surface area (Å²) >= 11 is 0. The fraction of sp³-hybridized carbons (Fsp3) is 0.952. The first-order chi connectivity index (χ1) is 33.6. The number of hydrogen-bond donors (Lipinski definition) is 1. The lowest BCUT2D eigenvalue weighted by Gasteiger charge is -2.07. The summed E-state index contributed by atoms with van der Waals surface area (Å²) in [6.07, 6.45) is 63.1. The molecule has 0 saturated carbocycles. The van der Waals surface area contributed by atoms with Crippen LogP contribution >= 0.6 is 0 Å². The highest BCUT2D eigenvalue weighted by atomic mass is 16.5. The number of unbranched alkanes of at least 4 members (excludes halogenated alkanes) is 42. The first kappa shape index (κ1) is 71.7. The molecule has 0 aromatic carbocycles. The molecule has 0 radical (unpaired) electrons. The molecule has 414 valence electrons. The number of hydrogen-bond acceptors (Lipinski definition) is 5. The van der Waals surface area contributed by atoms with Crippen LogP contribution in [-0.4, -0.2) is 36.2 Å². The van der Waals surface area contributed by atoms with Crippen LogP contribution in [0.15, 0.2) is 0 Å². The van der Waals surface area contributed by atoms with Crippen molar-refractivity contribution in [3.05, 3.63) is 0 Å². The second kappa shape index (κ2) is 64.4. The van der Waals surface area contributed by atoms with Gasteiger partial charge in [0.05, 0.1) is 13.2 Å². The van der Waals surface area contributed by atoms with Crippen LogP contribution in [0.1, 0.15) is 363 Å². The lowest BCUT2D eigenvalue weighted by molar-refractivity contribution is -0.145. The van der Waals surface area contributed by atoms with Crippen LogP contribution in [0.5, 0.6) is 0 Å². The van der Waals surface area contributed by atoms with E-state index in [1.807, 2.05) is 0 Å². The Kier molecular flexibility index (Phi) is 66.9. The van der Waals surface area contributed by atoms with Gasteiger partial charge in [-0.2, -0.15) is 0 Å². The van der Waals surface area contributed by atoms with Crippen LogP contribution in [0.25, 0.3) is 0 Å². The molecule has 0 fully saturated rings. The fourth-order valence-electron chi connectivity index (χ4n) is 8.74. The van der Waals surface area contributed by atoms with E-state index in [1.165, 1.54) is 263 Å². The standard InChI is InChI=1S/C23H46O2.C22H44O2.C18H36O2/c1-4-5-6-7-8-9-10-11-12-13-14-15-16-17-18-19-23(24)25-21-20-22(2)3;1-4-5-6-7-8-9-10-11-12-13-14-15-16-17-18-19-22(23)24-20-21(2)3;1-2-3-4-5-6-7-8-9-10-11-12-13-14-15-16-17-18(19)20/h22H,4-21H2,1-3H3;21H,4-20H2,1-3H3;2-17H2,1H3,(H,19,20). The molecule has 0 aliphatic heterocycles. The molecule has 0 unspecified atom stereocenters. The third-order valence-electron chi connectivity index (χ3n) is 13.5. The van der Waals surface area contributed by atoms with Crippen molar-refractivity contribution in [2.24, 2.45) is 11.8 Å². The van der Waals surface area contributed by atoms with Gasteiger partial charge in [0.25, 0.3) is 0 Å². The topological polar surface area (TPSA) is 89.9 Å². The summed E-state index contributed by atoms with van der Waals surface area (Å²) in [7, 11) is 0. The second-order valence-electron chi connectivity index (χ2n) is 22.0. The molecule has 0 heterocycles. The first-order valence-electron chi connectivity index (χ1n) is 31.1. The predicted molar refractivity (Wildman–Crippen MR) is 302 cm³/mol. The van der Waals surface area contributed by atoms with Crippen molar-refractivity contribution in [2.45, 2.75) is 363 Å². The monoisotopic (exact) mass is 979 g/mol. The Morgan fingerprint density at radius 3 is 0.739 bits per heavy atom. The Balaban J connectivity index is -0.000000953. The number of aliphatic carboxylic acids is 1. The third kappa shape index (κ3) is 75.5. The van der Waals surface area contributed by atoms with E-state index >= 15 is 0 Å². The Morgan fingerprint density at radius 1 is 0.304 bits per heavy atom. The van der Waals surface area contributed by atoms with Crippen LogP contribution in [-0.2, 0) is 23.9 Å². The summed E-state index contributed by atoms with van der Waals surface area (Å²) in [5, 5.41) is 8.52. The van der Waals surface area contributed by atoms with Gasteiger partial charge in [-0.15, -0.1) is 0 Å². The number of carboxylic acid groups (broad SMARTS) is 1. The van der Waals surface area contributed by atoms with E-state index in [0.717, 1.165) is 32.1 Å². The summed E-state index contributed by atoms with van der Waals surface area (Å²) in [5.41, 5.74) is 0. The van der Waals surface area contributed by atoms with Crippen LogP contribution < -0.4 is 0 Å². The molecule has 6 heteroatoms. The average Bonchev–Trinajstić information content (AvgIpc) is 3.32. The molecule has 0 atom stereocenters. The number of esters is 2. The van der Waals surface area contributed by atoms with Crippen LogP contribution in [0.4, 0.5) is 0 Å². The molecule has 0 amide bonds. The quantitative estimate of drug-likeness (QED) is 0.0482. The number of ether oxygens (including phenoxy) is 2. The van der Waals surface area contributed by atoms with E-state index in [9.17, 15) is 14.4 Å². The van der Waals surface area contributed by atoms with Crippen molar-refractivity contribution in [1.82, 2.24) is 0 Å². The van der Waals surface area contributed by atoms with Gasteiger partial charge in [-0.3, -0.25) is 14.4 Å². The average molecular weight is 980 g/mol. The largest absolute Gasteiger partial charge is 0.481 e. The Morgan fingerprint density at radius 2 is 0.522 bits per heavy atom. The van der Waals surface area contributed by atoms with E-state index in [0.29, 0.717) is 44.3 Å². The van der Waals surface area contributed by atoms with Crippen molar-refractivity contribution in [2.75, 3.05) is 13.2 Å². The molecule has 69 heavy (non-hydrogen) atoms. The van der Waals surface area contributed by atoms with Gasteiger partial charge in [-0.25, -0.2) is 0 Å². The predicted octanol–water partition coefficient (Wildman–Crippen LogP) is 21.6. The van der Waals surface area contributed by atoms with E-state index in [-0.39, 0.29) is 11.9 Å². The first-order valence-corrected chi connectivity index (χ1v) is 31.1. The van der Waals surface area contributed by atoms with Gasteiger partial charge in [0.15, 0.2) is 0 Å². The van der Waals surface area contributed by atoms with E-state index in [4.69, 9.17) is 14.6 Å². The van der Waals surface area contributed by atoms with E-state index < -0.39 is 5.97 Å². The van der Waals surface area contributed by atoms with Crippen molar-refractivity contribution >= 4 is 17.9 Å². The third-order valence-corrected chi connectivity index (χ3v) is 13.5. The van der Waals surface area contributed by atoms with Crippen molar-refractivity contribution in [3.8, 4) is 0 Å². The number of carbonyl (C=O) groups is 3. The summed E-state index contributed by atoms with van der Waals surface area (Å²) in [5.74, 6) is 0.377. The molecule has 0 spiro atoms. The lowest BCUT2D eigenvalue weighted by atomic mass is 10.0. The minimum atomic E-state index is -0.653. The molecule has 0 aliphatic rings. The van der Waals surface area contributed by atoms with Gasteiger partial charge in [0.1, 0.15) is 0 Å². The minimum absolute atomic E-state index is 0.00431. The zero-order valence-corrected chi connectivity index (χ0v) is 48.2. The van der Waals surface area contributed by atoms with Gasteiger partial charge in [0.2, 0.25) is 0 Å².